The van der Waals surface area contributed by atoms with Crippen LogP contribution in [0.25, 0.3) is 22.0 Å². The third-order valence-electron chi connectivity index (χ3n) is 8.95. The van der Waals surface area contributed by atoms with Gasteiger partial charge in [0.1, 0.15) is 11.9 Å². The topological polar surface area (TPSA) is 169 Å². The Bertz CT molecular complexity index is 2010. The summed E-state index contributed by atoms with van der Waals surface area (Å²) in [6, 6.07) is 29.2. The van der Waals surface area contributed by atoms with E-state index in [1.807, 2.05) is 72.8 Å². The number of aliphatic hydroxyl groups is 1. The number of hydrogen-bond donors (Lipinski definition) is 6. The zero-order valence-corrected chi connectivity index (χ0v) is 28.2. The average molecular weight is 691 g/mol. The number of nitrogens with one attached hydrogen (secondary N) is 4. The maximum absolute atomic E-state index is 12.7. The van der Waals surface area contributed by atoms with Gasteiger partial charge in [0, 0.05) is 56.2 Å². The zero-order valence-electron chi connectivity index (χ0n) is 28.2. The van der Waals surface area contributed by atoms with Crippen LogP contribution in [0, 0.1) is 0 Å². The second-order valence-corrected chi connectivity index (χ2v) is 12.6. The number of anilines is 1. The van der Waals surface area contributed by atoms with Crippen LogP contribution in [0.5, 0.6) is 5.75 Å². The van der Waals surface area contributed by atoms with Crippen LogP contribution in [0.4, 0.5) is 10.5 Å². The smallest absolute Gasteiger partial charge is 0.411 e. The highest BCUT2D eigenvalue weighted by Crippen LogP contribution is 2.29. The quantitative estimate of drug-likeness (QED) is 0.101. The number of nitrogens with zero attached hydrogens (tertiary/aromatic N) is 2. The molecule has 264 valence electrons. The molecule has 6 rings (SSSR count). The molecular formula is C39H42N6O6. The van der Waals surface area contributed by atoms with E-state index >= 15 is 0 Å². The van der Waals surface area contributed by atoms with Crippen molar-refractivity contribution in [3.8, 4) is 16.9 Å². The lowest BCUT2D eigenvalue weighted by Crippen LogP contribution is -2.40. The maximum Gasteiger partial charge on any atom is 0.411 e. The summed E-state index contributed by atoms with van der Waals surface area (Å²) in [5.41, 5.74) is 4.65. The van der Waals surface area contributed by atoms with Gasteiger partial charge in [-0.1, -0.05) is 60.7 Å². The summed E-state index contributed by atoms with van der Waals surface area (Å²) >= 11 is 0. The fraction of sp³-hybridized carbons (Fsp3) is 0.282. The van der Waals surface area contributed by atoms with Gasteiger partial charge in [-0.3, -0.25) is 19.9 Å². The summed E-state index contributed by atoms with van der Waals surface area (Å²) < 4.78 is 5.74. The standard InChI is InChI=1S/C39H42N6O6/c46-34-15-13-31(32-14-16-37(49)44-38(32)34)35(47)25-40-23-27-9-6-10-28(42-27)24-41-36(48)19-22-45-20-17-29(18-21-45)51-39(50)43-33-12-5-4-11-30(33)26-7-2-1-3-8-26/h1-16,29,35,40,46-47H,17-25H2,(H,41,48)(H,43,50)(H,44,49)/t35-/m0/s1. The van der Waals surface area contributed by atoms with Gasteiger partial charge in [-0.15, -0.1) is 0 Å². The van der Waals surface area contributed by atoms with E-state index in [4.69, 9.17) is 4.74 Å². The molecule has 0 bridgehead atoms. The first kappa shape index (κ1) is 35.3. The predicted molar refractivity (Wildman–Crippen MR) is 195 cm³/mol. The number of amides is 2. The van der Waals surface area contributed by atoms with Gasteiger partial charge in [0.15, 0.2) is 0 Å². The first-order valence-electron chi connectivity index (χ1n) is 17.1. The van der Waals surface area contributed by atoms with Crippen molar-refractivity contribution in [3.05, 3.63) is 124 Å². The molecule has 12 heteroatoms. The van der Waals surface area contributed by atoms with Crippen LogP contribution in [-0.2, 0) is 22.6 Å². The molecule has 3 heterocycles. The van der Waals surface area contributed by atoms with Gasteiger partial charge >= 0.3 is 6.09 Å². The van der Waals surface area contributed by atoms with E-state index in [-0.39, 0.29) is 35.4 Å². The van der Waals surface area contributed by atoms with Gasteiger partial charge in [-0.2, -0.15) is 0 Å². The van der Waals surface area contributed by atoms with Crippen LogP contribution in [0.1, 0.15) is 42.3 Å². The number of benzene rings is 3. The van der Waals surface area contributed by atoms with Gasteiger partial charge in [0.05, 0.1) is 35.2 Å². The molecule has 2 amide bonds. The highest BCUT2D eigenvalue weighted by molar-refractivity contribution is 5.91. The van der Waals surface area contributed by atoms with Gasteiger partial charge in [-0.25, -0.2) is 4.79 Å². The summed E-state index contributed by atoms with van der Waals surface area (Å²) in [4.78, 5) is 46.5. The highest BCUT2D eigenvalue weighted by Gasteiger charge is 2.23. The summed E-state index contributed by atoms with van der Waals surface area (Å²) in [6.45, 7) is 3.00. The van der Waals surface area contributed by atoms with E-state index in [0.29, 0.717) is 55.5 Å². The van der Waals surface area contributed by atoms with Crippen LogP contribution >= 0.6 is 0 Å². The Morgan fingerprint density at radius 3 is 2.45 bits per heavy atom. The van der Waals surface area contributed by atoms with Crippen LogP contribution in [0.15, 0.2) is 102 Å². The van der Waals surface area contributed by atoms with E-state index < -0.39 is 12.2 Å². The number of piperidine rings is 1. The number of ether oxygens (including phenoxy) is 1. The number of H-pyrrole nitrogens is 1. The molecule has 1 aliphatic rings. The summed E-state index contributed by atoms with van der Waals surface area (Å²) in [5.74, 6) is -0.129. The summed E-state index contributed by atoms with van der Waals surface area (Å²) in [6.07, 6.45) is 0.209. The lowest BCUT2D eigenvalue weighted by molar-refractivity contribution is -0.121. The molecule has 1 atom stereocenters. The zero-order chi connectivity index (χ0) is 35.6. The summed E-state index contributed by atoms with van der Waals surface area (Å²) in [5, 5.41) is 30.5. The molecule has 0 radical (unpaired) electrons. The van der Waals surface area contributed by atoms with Crippen LogP contribution < -0.4 is 21.5 Å². The number of pyridine rings is 2. The number of carbonyl (C=O) groups is 2. The van der Waals surface area contributed by atoms with E-state index in [1.165, 1.54) is 12.1 Å². The number of fused-ring (bicyclic) bond motifs is 1. The largest absolute Gasteiger partial charge is 0.506 e. The molecule has 6 N–H and O–H groups in total. The van der Waals surface area contributed by atoms with Crippen LogP contribution in [0.2, 0.25) is 0 Å². The molecule has 3 aromatic carbocycles. The number of carbonyl (C=O) groups excluding carboxylic acids is 2. The normalized spacial score (nSPS) is 14.2. The monoisotopic (exact) mass is 690 g/mol. The fourth-order valence-electron chi connectivity index (χ4n) is 6.26. The molecule has 0 unspecified atom stereocenters. The number of para-hydroxylation sites is 1. The molecule has 12 nitrogen and oxygen atoms in total. The summed E-state index contributed by atoms with van der Waals surface area (Å²) in [7, 11) is 0. The number of aliphatic hydroxyl groups excluding tert-OH is 1. The first-order valence-corrected chi connectivity index (χ1v) is 17.1. The van der Waals surface area contributed by atoms with Crippen molar-refractivity contribution in [1.82, 2.24) is 25.5 Å². The molecule has 0 spiro atoms. The Morgan fingerprint density at radius 2 is 1.65 bits per heavy atom. The number of aromatic hydroxyl groups is 1. The van der Waals surface area contributed by atoms with Crippen molar-refractivity contribution >= 4 is 28.6 Å². The van der Waals surface area contributed by atoms with Gasteiger partial charge in [0.25, 0.3) is 0 Å². The van der Waals surface area contributed by atoms with Gasteiger partial charge < -0.3 is 35.5 Å². The highest BCUT2D eigenvalue weighted by atomic mass is 16.6. The van der Waals surface area contributed by atoms with Crippen molar-refractivity contribution < 1.29 is 24.5 Å². The first-order chi connectivity index (χ1) is 24.8. The van der Waals surface area contributed by atoms with Crippen molar-refractivity contribution in [2.45, 2.75) is 44.6 Å². The minimum absolute atomic E-state index is 0.0601. The Balaban J connectivity index is 0.885. The number of phenolic OH excluding ortho intramolecular Hbond substituents is 1. The predicted octanol–water partition coefficient (Wildman–Crippen LogP) is 4.84. The van der Waals surface area contributed by atoms with Crippen molar-refractivity contribution in [1.29, 1.82) is 0 Å². The molecule has 0 saturated carbocycles. The van der Waals surface area contributed by atoms with Crippen molar-refractivity contribution in [2.75, 3.05) is 31.5 Å². The maximum atomic E-state index is 12.7. The lowest BCUT2D eigenvalue weighted by Gasteiger charge is -2.31. The fourth-order valence-corrected chi connectivity index (χ4v) is 6.26. The Labute approximate surface area is 295 Å². The molecular weight excluding hydrogens is 648 g/mol. The lowest BCUT2D eigenvalue weighted by atomic mass is 10.0. The molecule has 1 saturated heterocycles. The Hall–Kier alpha value is -5.56. The van der Waals surface area contributed by atoms with Gasteiger partial charge in [-0.05, 0) is 54.3 Å². The second kappa shape index (κ2) is 16.9. The van der Waals surface area contributed by atoms with E-state index in [9.17, 15) is 24.6 Å². The average Bonchev–Trinajstić information content (AvgIpc) is 3.15. The Morgan fingerprint density at radius 1 is 0.902 bits per heavy atom. The van der Waals surface area contributed by atoms with Gasteiger partial charge in [0.2, 0.25) is 11.5 Å². The molecule has 2 aromatic heterocycles. The molecule has 51 heavy (non-hydrogen) atoms. The molecule has 0 aliphatic carbocycles. The number of rotatable bonds is 13. The molecule has 1 fully saturated rings. The Kier molecular flexibility index (Phi) is 11.7. The van der Waals surface area contributed by atoms with E-state index in [2.05, 4.69) is 30.8 Å². The SMILES string of the molecule is O=C(CCN1CCC(OC(=O)Nc2ccccc2-c2ccccc2)CC1)NCc1cccc(CNC[C@H](O)c2ccc(O)c3[nH]c(=O)ccc23)n1. The van der Waals surface area contributed by atoms with Crippen molar-refractivity contribution in [3.63, 3.8) is 0 Å². The van der Waals surface area contributed by atoms with Crippen molar-refractivity contribution in [2.24, 2.45) is 0 Å². The third kappa shape index (κ3) is 9.57. The number of aromatic nitrogens is 2. The van der Waals surface area contributed by atoms with Crippen LogP contribution in [0.3, 0.4) is 0 Å². The number of hydrogen-bond acceptors (Lipinski definition) is 9. The second-order valence-electron chi connectivity index (χ2n) is 12.6. The minimum Gasteiger partial charge on any atom is -0.506 e. The number of phenols is 1. The van der Waals surface area contributed by atoms with Crippen LogP contribution in [-0.4, -0.2) is 69.4 Å². The third-order valence-corrected chi connectivity index (χ3v) is 8.95. The number of likely N-dealkylation sites (tertiary alicyclic amines) is 1. The number of aromatic amines is 1. The van der Waals surface area contributed by atoms with E-state index in [1.54, 1.807) is 12.1 Å². The molecule has 1 aliphatic heterocycles. The van der Waals surface area contributed by atoms with E-state index in [0.717, 1.165) is 35.6 Å². The minimum atomic E-state index is -0.882. The molecule has 5 aromatic rings.